The van der Waals surface area contributed by atoms with Crippen LogP contribution in [0, 0.1) is 0 Å². The second kappa shape index (κ2) is 4.20. The van der Waals surface area contributed by atoms with Gasteiger partial charge in [-0.1, -0.05) is 12.1 Å². The first-order valence-electron chi connectivity index (χ1n) is 5.78. The number of phenolic OH excluding ortho intramolecular Hbond substituents is 1. The number of hydrogen-bond acceptors (Lipinski definition) is 3. The fourth-order valence-electron chi connectivity index (χ4n) is 2.12. The van der Waals surface area contributed by atoms with E-state index in [0.717, 1.165) is 0 Å². The zero-order chi connectivity index (χ0) is 13.4. The number of H-pyrrole nitrogens is 1. The van der Waals surface area contributed by atoms with E-state index in [-0.39, 0.29) is 11.4 Å². The van der Waals surface area contributed by atoms with Crippen molar-refractivity contribution in [2.45, 2.75) is 0 Å². The molecule has 3 rings (SSSR count). The molecule has 0 aliphatic heterocycles. The smallest absolute Gasteiger partial charge is 0.331 e. The van der Waals surface area contributed by atoms with Gasteiger partial charge in [-0.3, -0.25) is 4.57 Å². The summed E-state index contributed by atoms with van der Waals surface area (Å²) < 4.78 is 6.65. The quantitative estimate of drug-likeness (QED) is 0.737. The van der Waals surface area contributed by atoms with Crippen molar-refractivity contribution in [3.8, 4) is 17.2 Å². The van der Waals surface area contributed by atoms with Gasteiger partial charge in [-0.2, -0.15) is 0 Å². The number of rotatable bonds is 2. The van der Waals surface area contributed by atoms with Crippen LogP contribution in [0.5, 0.6) is 11.5 Å². The van der Waals surface area contributed by atoms with Crippen molar-refractivity contribution >= 4 is 11.0 Å². The lowest BCUT2D eigenvalue weighted by molar-refractivity contribution is 0.414. The van der Waals surface area contributed by atoms with Crippen LogP contribution >= 0.6 is 0 Å². The molecule has 0 saturated heterocycles. The zero-order valence-electron chi connectivity index (χ0n) is 10.3. The third-order valence-corrected chi connectivity index (χ3v) is 3.01. The Bertz CT molecular complexity index is 802. The summed E-state index contributed by atoms with van der Waals surface area (Å²) in [6.45, 7) is 0. The largest absolute Gasteiger partial charge is 0.506 e. The summed E-state index contributed by atoms with van der Waals surface area (Å²) in [5.74, 6) is 0.718. The van der Waals surface area contributed by atoms with Crippen LogP contribution < -0.4 is 10.4 Å². The molecule has 0 aliphatic carbocycles. The van der Waals surface area contributed by atoms with E-state index < -0.39 is 0 Å². The summed E-state index contributed by atoms with van der Waals surface area (Å²) in [6.07, 6.45) is 0. The zero-order valence-corrected chi connectivity index (χ0v) is 10.3. The molecule has 1 aromatic heterocycles. The van der Waals surface area contributed by atoms with Crippen molar-refractivity contribution in [1.82, 2.24) is 9.55 Å². The Labute approximate surface area is 108 Å². The van der Waals surface area contributed by atoms with Gasteiger partial charge in [0.05, 0.1) is 18.3 Å². The van der Waals surface area contributed by atoms with Crippen molar-refractivity contribution in [1.29, 1.82) is 0 Å². The highest BCUT2D eigenvalue weighted by atomic mass is 16.5. The molecular weight excluding hydrogens is 244 g/mol. The molecule has 0 bridgehead atoms. The second-order valence-electron chi connectivity index (χ2n) is 4.14. The number of benzene rings is 2. The number of para-hydroxylation sites is 1. The third-order valence-electron chi connectivity index (χ3n) is 3.01. The van der Waals surface area contributed by atoms with Gasteiger partial charge in [-0.15, -0.1) is 0 Å². The lowest BCUT2D eigenvalue weighted by atomic mass is 10.2. The minimum absolute atomic E-state index is 0.0521. The molecule has 96 valence electrons. The Hall–Kier alpha value is -2.69. The predicted molar refractivity (Wildman–Crippen MR) is 72.1 cm³/mol. The number of nitrogens with one attached hydrogen (secondary N) is 1. The number of hydrogen-bond donors (Lipinski definition) is 2. The molecule has 2 N–H and O–H groups in total. The van der Waals surface area contributed by atoms with Crippen LogP contribution in [0.1, 0.15) is 0 Å². The van der Waals surface area contributed by atoms with Crippen molar-refractivity contribution < 1.29 is 9.84 Å². The number of aromatic hydroxyl groups is 1. The number of methoxy groups -OCH3 is 1. The molecular formula is C14H12N2O3. The molecule has 0 saturated carbocycles. The van der Waals surface area contributed by atoms with Gasteiger partial charge in [0.1, 0.15) is 17.0 Å². The molecule has 2 aromatic carbocycles. The first kappa shape index (κ1) is 11.4. The highest BCUT2D eigenvalue weighted by Gasteiger charge is 2.11. The first-order chi connectivity index (χ1) is 9.20. The lowest BCUT2D eigenvalue weighted by Crippen LogP contribution is -2.14. The summed E-state index contributed by atoms with van der Waals surface area (Å²) in [5.41, 5.74) is 1.43. The maximum absolute atomic E-state index is 12.0. The average Bonchev–Trinajstić information content (AvgIpc) is 2.77. The number of imidazole rings is 1. The standard InChI is InChI=1S/C14H12N2O3/c1-19-10-5-2-4-9(8-10)16-11-6-3-7-12(17)13(11)15-14(16)18/h2-8,17H,1H3,(H,15,18). The molecule has 0 amide bonds. The second-order valence-corrected chi connectivity index (χ2v) is 4.14. The summed E-state index contributed by atoms with van der Waals surface area (Å²) in [5, 5.41) is 9.75. The summed E-state index contributed by atoms with van der Waals surface area (Å²) in [7, 11) is 1.57. The molecule has 0 fully saturated rings. The fraction of sp³-hybridized carbons (Fsp3) is 0.0714. The summed E-state index contributed by atoms with van der Waals surface area (Å²) in [6, 6.07) is 12.2. The predicted octanol–water partition coefficient (Wildman–Crippen LogP) is 2.03. The van der Waals surface area contributed by atoms with E-state index in [0.29, 0.717) is 22.5 Å². The maximum atomic E-state index is 12.0. The van der Waals surface area contributed by atoms with Crippen LogP contribution in [0.25, 0.3) is 16.7 Å². The Morgan fingerprint density at radius 1 is 1.21 bits per heavy atom. The molecule has 5 heteroatoms. The molecule has 3 aromatic rings. The molecule has 0 atom stereocenters. The third kappa shape index (κ3) is 1.76. The number of ether oxygens (including phenoxy) is 1. The minimum atomic E-state index is -0.301. The summed E-state index contributed by atoms with van der Waals surface area (Å²) in [4.78, 5) is 14.7. The highest BCUT2D eigenvalue weighted by Crippen LogP contribution is 2.24. The van der Waals surface area contributed by atoms with E-state index in [1.165, 1.54) is 10.6 Å². The normalized spacial score (nSPS) is 10.8. The number of phenols is 1. The molecule has 0 unspecified atom stereocenters. The molecule has 0 radical (unpaired) electrons. The van der Waals surface area contributed by atoms with Gasteiger partial charge in [0.25, 0.3) is 0 Å². The molecule has 0 spiro atoms. The van der Waals surface area contributed by atoms with Gasteiger partial charge < -0.3 is 14.8 Å². The van der Waals surface area contributed by atoms with Gasteiger partial charge in [-0.05, 0) is 24.3 Å². The Balaban J connectivity index is 2.33. The van der Waals surface area contributed by atoms with Crippen molar-refractivity contribution in [2.75, 3.05) is 7.11 Å². The Kier molecular flexibility index (Phi) is 2.52. The fourth-order valence-corrected chi connectivity index (χ4v) is 2.12. The van der Waals surface area contributed by atoms with Gasteiger partial charge >= 0.3 is 5.69 Å². The molecule has 0 aliphatic rings. The topological polar surface area (TPSA) is 67.2 Å². The monoisotopic (exact) mass is 256 g/mol. The number of nitrogens with zero attached hydrogens (tertiary/aromatic N) is 1. The maximum Gasteiger partial charge on any atom is 0.331 e. The molecule has 5 nitrogen and oxygen atoms in total. The van der Waals surface area contributed by atoms with E-state index in [4.69, 9.17) is 4.74 Å². The molecule has 1 heterocycles. The van der Waals surface area contributed by atoms with Crippen LogP contribution in [-0.2, 0) is 0 Å². The van der Waals surface area contributed by atoms with Crippen LogP contribution in [0.4, 0.5) is 0 Å². The van der Waals surface area contributed by atoms with Gasteiger partial charge in [-0.25, -0.2) is 4.79 Å². The van der Waals surface area contributed by atoms with Crippen molar-refractivity contribution in [3.63, 3.8) is 0 Å². The van der Waals surface area contributed by atoms with Gasteiger partial charge in [0.15, 0.2) is 0 Å². The SMILES string of the molecule is COc1cccc(-n2c(=O)[nH]c3c(O)cccc32)c1. The Morgan fingerprint density at radius 2 is 2.00 bits per heavy atom. The van der Waals surface area contributed by atoms with E-state index in [1.54, 1.807) is 37.4 Å². The Morgan fingerprint density at radius 3 is 2.79 bits per heavy atom. The van der Waals surface area contributed by atoms with Crippen LogP contribution in [-0.4, -0.2) is 21.8 Å². The minimum Gasteiger partial charge on any atom is -0.506 e. The summed E-state index contributed by atoms with van der Waals surface area (Å²) >= 11 is 0. The van der Waals surface area contributed by atoms with E-state index >= 15 is 0 Å². The lowest BCUT2D eigenvalue weighted by Gasteiger charge is -2.05. The highest BCUT2D eigenvalue weighted by molar-refractivity contribution is 5.83. The van der Waals surface area contributed by atoms with E-state index in [9.17, 15) is 9.90 Å². The van der Waals surface area contributed by atoms with E-state index in [1.807, 2.05) is 6.07 Å². The van der Waals surface area contributed by atoms with Gasteiger partial charge in [0, 0.05) is 6.07 Å². The van der Waals surface area contributed by atoms with Crippen LogP contribution in [0.2, 0.25) is 0 Å². The van der Waals surface area contributed by atoms with Crippen molar-refractivity contribution in [3.05, 3.63) is 52.9 Å². The number of aromatic nitrogens is 2. The van der Waals surface area contributed by atoms with E-state index in [2.05, 4.69) is 4.98 Å². The van der Waals surface area contributed by atoms with Gasteiger partial charge in [0.2, 0.25) is 0 Å². The van der Waals surface area contributed by atoms with Crippen LogP contribution in [0.3, 0.4) is 0 Å². The average molecular weight is 256 g/mol. The molecule has 19 heavy (non-hydrogen) atoms. The first-order valence-corrected chi connectivity index (χ1v) is 5.78. The number of fused-ring (bicyclic) bond motifs is 1. The van der Waals surface area contributed by atoms with Crippen molar-refractivity contribution in [2.24, 2.45) is 0 Å². The number of aromatic amines is 1. The van der Waals surface area contributed by atoms with Crippen LogP contribution in [0.15, 0.2) is 47.3 Å².